The van der Waals surface area contributed by atoms with E-state index < -0.39 is 0 Å². The number of rotatable bonds is 3. The molecule has 0 atom stereocenters. The van der Waals surface area contributed by atoms with Crippen molar-refractivity contribution >= 4 is 57.6 Å². The SMILES string of the molecule is Cc1c(Cl)c(Cl)c2nc(C(C)C)c(Sc3nccn3C)nc2c1Cl. The molecule has 2 aromatic heterocycles. The number of hydrogen-bond acceptors (Lipinski definition) is 4. The van der Waals surface area contributed by atoms with E-state index in [-0.39, 0.29) is 5.92 Å². The van der Waals surface area contributed by atoms with E-state index in [4.69, 9.17) is 44.8 Å². The molecule has 0 aliphatic carbocycles. The van der Waals surface area contributed by atoms with Gasteiger partial charge in [0.2, 0.25) is 0 Å². The molecule has 0 unspecified atom stereocenters. The molecule has 0 amide bonds. The van der Waals surface area contributed by atoms with Crippen LogP contribution in [-0.4, -0.2) is 19.5 Å². The van der Waals surface area contributed by atoms with Crippen LogP contribution in [0.3, 0.4) is 0 Å². The lowest BCUT2D eigenvalue weighted by Gasteiger charge is -2.15. The molecular formula is C16H15Cl3N4S. The Morgan fingerprint density at radius 2 is 1.71 bits per heavy atom. The summed E-state index contributed by atoms with van der Waals surface area (Å²) in [5, 5.41) is 2.88. The largest absolute Gasteiger partial charge is 0.329 e. The Labute approximate surface area is 159 Å². The molecule has 126 valence electrons. The predicted molar refractivity (Wildman–Crippen MR) is 101 cm³/mol. The molecule has 2 heterocycles. The summed E-state index contributed by atoms with van der Waals surface area (Å²) in [5.74, 6) is 0.166. The maximum absolute atomic E-state index is 6.44. The molecule has 4 nitrogen and oxygen atoms in total. The molecule has 0 N–H and O–H groups in total. The Morgan fingerprint density at radius 3 is 2.29 bits per heavy atom. The van der Waals surface area contributed by atoms with Gasteiger partial charge in [0.1, 0.15) is 16.1 Å². The van der Waals surface area contributed by atoms with Gasteiger partial charge in [-0.2, -0.15) is 0 Å². The summed E-state index contributed by atoms with van der Waals surface area (Å²) in [4.78, 5) is 13.8. The summed E-state index contributed by atoms with van der Waals surface area (Å²) >= 11 is 20.6. The molecular weight excluding hydrogens is 387 g/mol. The Morgan fingerprint density at radius 1 is 1.04 bits per heavy atom. The molecule has 0 radical (unpaired) electrons. The summed E-state index contributed by atoms with van der Waals surface area (Å²) < 4.78 is 1.93. The van der Waals surface area contributed by atoms with Gasteiger partial charge in [-0.15, -0.1) is 0 Å². The zero-order chi connectivity index (χ0) is 17.6. The molecule has 8 heteroatoms. The van der Waals surface area contributed by atoms with Gasteiger partial charge in [0, 0.05) is 19.4 Å². The lowest BCUT2D eigenvalue weighted by Crippen LogP contribution is -2.02. The monoisotopic (exact) mass is 400 g/mol. The van der Waals surface area contributed by atoms with Gasteiger partial charge in [0.15, 0.2) is 5.16 Å². The predicted octanol–water partition coefficient (Wildman–Crippen LogP) is 5.91. The quantitative estimate of drug-likeness (QED) is 0.512. The van der Waals surface area contributed by atoms with Crippen LogP contribution in [0.4, 0.5) is 0 Å². The Balaban J connectivity index is 2.28. The van der Waals surface area contributed by atoms with Crippen LogP contribution in [0.1, 0.15) is 31.0 Å². The van der Waals surface area contributed by atoms with Gasteiger partial charge in [-0.3, -0.25) is 0 Å². The van der Waals surface area contributed by atoms with E-state index in [1.807, 2.05) is 24.7 Å². The second-order valence-electron chi connectivity index (χ2n) is 5.76. The van der Waals surface area contributed by atoms with Crippen LogP contribution >= 0.6 is 46.6 Å². The number of hydrogen-bond donors (Lipinski definition) is 0. The van der Waals surface area contributed by atoms with Crippen molar-refractivity contribution in [3.63, 3.8) is 0 Å². The van der Waals surface area contributed by atoms with Crippen molar-refractivity contribution in [2.45, 2.75) is 36.9 Å². The van der Waals surface area contributed by atoms with Gasteiger partial charge in [-0.05, 0) is 30.2 Å². The van der Waals surface area contributed by atoms with Crippen molar-refractivity contribution in [3.05, 3.63) is 38.7 Å². The highest BCUT2D eigenvalue weighted by Crippen LogP contribution is 2.40. The number of aromatic nitrogens is 4. The third kappa shape index (κ3) is 2.99. The van der Waals surface area contributed by atoms with Crippen LogP contribution in [0.2, 0.25) is 15.1 Å². The van der Waals surface area contributed by atoms with Crippen molar-refractivity contribution < 1.29 is 0 Å². The van der Waals surface area contributed by atoms with Crippen LogP contribution in [0.15, 0.2) is 22.6 Å². The third-order valence-corrected chi connectivity index (χ3v) is 6.14. The van der Waals surface area contributed by atoms with Crippen molar-refractivity contribution in [1.29, 1.82) is 0 Å². The Kier molecular flexibility index (Phi) is 4.98. The fourth-order valence-corrected chi connectivity index (χ4v) is 4.02. The molecule has 24 heavy (non-hydrogen) atoms. The summed E-state index contributed by atoms with van der Waals surface area (Å²) in [7, 11) is 1.94. The smallest absolute Gasteiger partial charge is 0.174 e. The summed E-state index contributed by atoms with van der Waals surface area (Å²) in [6.07, 6.45) is 3.64. The first-order chi connectivity index (χ1) is 11.3. The summed E-state index contributed by atoms with van der Waals surface area (Å²) in [6.45, 7) is 5.94. The number of nitrogens with zero attached hydrogens (tertiary/aromatic N) is 4. The van der Waals surface area contributed by atoms with E-state index in [1.54, 1.807) is 6.20 Å². The van der Waals surface area contributed by atoms with E-state index in [0.717, 1.165) is 15.9 Å². The lowest BCUT2D eigenvalue weighted by atomic mass is 10.1. The van der Waals surface area contributed by atoms with E-state index in [1.165, 1.54) is 11.8 Å². The van der Waals surface area contributed by atoms with E-state index >= 15 is 0 Å². The first kappa shape index (κ1) is 17.8. The molecule has 0 saturated heterocycles. The van der Waals surface area contributed by atoms with Crippen molar-refractivity contribution in [3.8, 4) is 0 Å². The second kappa shape index (κ2) is 6.71. The minimum Gasteiger partial charge on any atom is -0.329 e. The normalized spacial score (nSPS) is 11.7. The van der Waals surface area contributed by atoms with Crippen LogP contribution in [0, 0.1) is 6.92 Å². The molecule has 0 saturated carbocycles. The molecule has 0 aliphatic rings. The maximum Gasteiger partial charge on any atom is 0.174 e. The Bertz CT molecular complexity index is 937. The van der Waals surface area contributed by atoms with Crippen LogP contribution in [0.25, 0.3) is 11.0 Å². The highest BCUT2D eigenvalue weighted by Gasteiger charge is 2.21. The minimum absolute atomic E-state index is 0.166. The summed E-state index contributed by atoms with van der Waals surface area (Å²) in [6, 6.07) is 0. The summed E-state index contributed by atoms with van der Waals surface area (Å²) in [5.41, 5.74) is 2.64. The topological polar surface area (TPSA) is 43.6 Å². The van der Waals surface area contributed by atoms with E-state index in [2.05, 4.69) is 18.8 Å². The first-order valence-electron chi connectivity index (χ1n) is 7.31. The average Bonchev–Trinajstić information content (AvgIpc) is 2.95. The zero-order valence-electron chi connectivity index (χ0n) is 13.6. The second-order valence-corrected chi connectivity index (χ2v) is 7.85. The van der Waals surface area contributed by atoms with Crippen molar-refractivity contribution in [2.24, 2.45) is 7.05 Å². The average molecular weight is 402 g/mol. The van der Waals surface area contributed by atoms with Gasteiger partial charge >= 0.3 is 0 Å². The maximum atomic E-state index is 6.44. The van der Waals surface area contributed by atoms with Crippen LogP contribution in [0.5, 0.6) is 0 Å². The van der Waals surface area contributed by atoms with Gasteiger partial charge in [0.25, 0.3) is 0 Å². The standard InChI is InChI=1S/C16H15Cl3N4S/c1-7(2)12-15(24-16-20-5-6-23(16)4)22-13-10(18)8(3)9(17)11(19)14(13)21-12/h5-7H,1-4H3. The van der Waals surface area contributed by atoms with E-state index in [9.17, 15) is 0 Å². The van der Waals surface area contributed by atoms with Gasteiger partial charge in [-0.25, -0.2) is 15.0 Å². The molecule has 0 aliphatic heterocycles. The van der Waals surface area contributed by atoms with Crippen molar-refractivity contribution in [1.82, 2.24) is 19.5 Å². The van der Waals surface area contributed by atoms with Gasteiger partial charge in [-0.1, -0.05) is 48.7 Å². The molecule has 0 fully saturated rings. The number of imidazole rings is 1. The fourth-order valence-electron chi connectivity index (χ4n) is 2.27. The highest BCUT2D eigenvalue weighted by atomic mass is 35.5. The number of aryl methyl sites for hydroxylation is 1. The van der Waals surface area contributed by atoms with Gasteiger partial charge in [0.05, 0.1) is 20.8 Å². The lowest BCUT2D eigenvalue weighted by molar-refractivity contribution is 0.768. The molecule has 3 aromatic rings. The van der Waals surface area contributed by atoms with Gasteiger partial charge < -0.3 is 4.57 Å². The number of benzene rings is 1. The van der Waals surface area contributed by atoms with Crippen LogP contribution in [-0.2, 0) is 7.05 Å². The number of halogens is 3. The number of fused-ring (bicyclic) bond motifs is 1. The molecule has 3 rings (SSSR count). The molecule has 0 bridgehead atoms. The Hall–Kier alpha value is -1.01. The zero-order valence-corrected chi connectivity index (χ0v) is 16.6. The third-order valence-electron chi connectivity index (χ3n) is 3.67. The highest BCUT2D eigenvalue weighted by molar-refractivity contribution is 7.99. The van der Waals surface area contributed by atoms with Crippen molar-refractivity contribution in [2.75, 3.05) is 0 Å². The molecule has 0 spiro atoms. The first-order valence-corrected chi connectivity index (χ1v) is 9.26. The van der Waals surface area contributed by atoms with E-state index in [0.29, 0.717) is 31.7 Å². The fraction of sp³-hybridized carbons (Fsp3) is 0.312. The van der Waals surface area contributed by atoms with Crippen LogP contribution < -0.4 is 0 Å². The molecule has 1 aromatic carbocycles. The minimum atomic E-state index is 0.166.